The van der Waals surface area contributed by atoms with Crippen molar-refractivity contribution in [3.05, 3.63) is 30.2 Å². The fourth-order valence-electron chi connectivity index (χ4n) is 1.77. The molecule has 0 bridgehead atoms. The Hall–Kier alpha value is -1.91. The van der Waals surface area contributed by atoms with E-state index >= 15 is 0 Å². The predicted octanol–water partition coefficient (Wildman–Crippen LogP) is 1.78. The second-order valence-electron chi connectivity index (χ2n) is 3.91. The number of allylic oxidation sites excluding steroid dienone is 1. The van der Waals surface area contributed by atoms with Crippen molar-refractivity contribution in [2.45, 2.75) is 25.3 Å². The third kappa shape index (κ3) is 3.03. The summed E-state index contributed by atoms with van der Waals surface area (Å²) in [6.45, 7) is 0. The number of methoxy groups -OCH3 is 1. The van der Waals surface area contributed by atoms with Crippen molar-refractivity contribution in [1.82, 2.24) is 9.97 Å². The van der Waals surface area contributed by atoms with Gasteiger partial charge in [-0.05, 0) is 19.3 Å². The molecule has 0 saturated heterocycles. The summed E-state index contributed by atoms with van der Waals surface area (Å²) < 4.78 is 4.60. The number of hydrogen-bond donors (Lipinski definition) is 1. The number of esters is 1. The quantitative estimate of drug-likeness (QED) is 0.637. The van der Waals surface area contributed by atoms with E-state index in [0.29, 0.717) is 11.9 Å². The molecule has 0 aliphatic heterocycles. The normalized spacial score (nSPS) is 18.8. The van der Waals surface area contributed by atoms with E-state index in [2.05, 4.69) is 32.2 Å². The highest BCUT2D eigenvalue weighted by molar-refractivity contribution is 5.87. The van der Waals surface area contributed by atoms with E-state index in [1.165, 1.54) is 13.3 Å². The van der Waals surface area contributed by atoms with Crippen molar-refractivity contribution in [1.29, 1.82) is 0 Å². The molecule has 1 aromatic rings. The van der Waals surface area contributed by atoms with Crippen LogP contribution >= 0.6 is 0 Å². The standard InChI is InChI=1S/C12H15N3O2/c1-17-12(16)10-7-13-8-11(15-10)14-9-5-3-2-4-6-9/h2-3,7-9H,4-6H2,1H3,(H,14,15). The second kappa shape index (κ2) is 5.43. The van der Waals surface area contributed by atoms with Crippen molar-refractivity contribution >= 4 is 11.8 Å². The monoisotopic (exact) mass is 233 g/mol. The zero-order valence-electron chi connectivity index (χ0n) is 9.72. The lowest BCUT2D eigenvalue weighted by atomic mass is 10.0. The minimum absolute atomic E-state index is 0.226. The molecule has 0 spiro atoms. The first-order valence-electron chi connectivity index (χ1n) is 5.61. The van der Waals surface area contributed by atoms with Gasteiger partial charge in [-0.1, -0.05) is 12.2 Å². The zero-order valence-corrected chi connectivity index (χ0v) is 9.72. The molecule has 1 heterocycles. The lowest BCUT2D eigenvalue weighted by Gasteiger charge is -2.19. The van der Waals surface area contributed by atoms with Gasteiger partial charge in [0.15, 0.2) is 5.69 Å². The van der Waals surface area contributed by atoms with Gasteiger partial charge in [-0.2, -0.15) is 0 Å². The molecule has 1 atom stereocenters. The molecule has 1 unspecified atom stereocenters. The highest BCUT2D eigenvalue weighted by Gasteiger charge is 2.12. The first-order valence-corrected chi connectivity index (χ1v) is 5.61. The van der Waals surface area contributed by atoms with Crippen molar-refractivity contribution < 1.29 is 9.53 Å². The molecule has 0 aromatic carbocycles. The van der Waals surface area contributed by atoms with Crippen molar-refractivity contribution in [3.8, 4) is 0 Å². The molecule has 90 valence electrons. The van der Waals surface area contributed by atoms with Crippen LogP contribution in [-0.2, 0) is 4.74 Å². The molecule has 17 heavy (non-hydrogen) atoms. The number of nitrogens with one attached hydrogen (secondary N) is 1. The van der Waals surface area contributed by atoms with Crippen molar-refractivity contribution in [3.63, 3.8) is 0 Å². The SMILES string of the molecule is COC(=O)c1cncc(NC2CC=CCC2)n1. The van der Waals surface area contributed by atoms with Crippen LogP contribution in [0, 0.1) is 0 Å². The van der Waals surface area contributed by atoms with E-state index in [0.717, 1.165) is 19.3 Å². The second-order valence-corrected chi connectivity index (χ2v) is 3.91. The summed E-state index contributed by atoms with van der Waals surface area (Å²) in [6, 6.07) is 0.363. The highest BCUT2D eigenvalue weighted by atomic mass is 16.5. The summed E-state index contributed by atoms with van der Waals surface area (Å²) in [5, 5.41) is 3.27. The van der Waals surface area contributed by atoms with Crippen molar-refractivity contribution in [2.75, 3.05) is 12.4 Å². The van der Waals surface area contributed by atoms with Crippen LogP contribution in [0.3, 0.4) is 0 Å². The molecule has 0 saturated carbocycles. The van der Waals surface area contributed by atoms with Crippen LogP contribution in [-0.4, -0.2) is 29.1 Å². The average molecular weight is 233 g/mol. The molecule has 5 heteroatoms. The Morgan fingerprint density at radius 2 is 2.35 bits per heavy atom. The van der Waals surface area contributed by atoms with Crippen LogP contribution in [0.5, 0.6) is 0 Å². The minimum Gasteiger partial charge on any atom is -0.464 e. The maximum Gasteiger partial charge on any atom is 0.358 e. The third-order valence-electron chi connectivity index (χ3n) is 2.65. The topological polar surface area (TPSA) is 64.1 Å². The van der Waals surface area contributed by atoms with Gasteiger partial charge < -0.3 is 10.1 Å². The summed E-state index contributed by atoms with van der Waals surface area (Å²) in [4.78, 5) is 19.4. The van der Waals surface area contributed by atoms with Gasteiger partial charge in [-0.3, -0.25) is 4.98 Å². The fourth-order valence-corrected chi connectivity index (χ4v) is 1.77. The molecule has 0 amide bonds. The maximum atomic E-state index is 11.3. The summed E-state index contributed by atoms with van der Waals surface area (Å²) in [5.74, 6) is 0.151. The Labute approximate surface area is 99.9 Å². The number of nitrogens with zero attached hydrogens (tertiary/aromatic N) is 2. The Morgan fingerprint density at radius 1 is 1.47 bits per heavy atom. The smallest absolute Gasteiger partial charge is 0.358 e. The molecular weight excluding hydrogens is 218 g/mol. The van der Waals surface area contributed by atoms with Gasteiger partial charge >= 0.3 is 5.97 Å². The van der Waals surface area contributed by atoms with E-state index in [9.17, 15) is 4.79 Å². The van der Waals surface area contributed by atoms with Gasteiger partial charge in [-0.15, -0.1) is 0 Å². The number of anilines is 1. The van der Waals surface area contributed by atoms with Crippen LogP contribution < -0.4 is 5.32 Å². The molecule has 0 fully saturated rings. The minimum atomic E-state index is -0.468. The Morgan fingerprint density at radius 3 is 3.06 bits per heavy atom. The summed E-state index contributed by atoms with van der Waals surface area (Å²) in [6.07, 6.45) is 10.5. The van der Waals surface area contributed by atoms with Gasteiger partial charge in [0.2, 0.25) is 0 Å². The first-order chi connectivity index (χ1) is 8.29. The van der Waals surface area contributed by atoms with E-state index in [4.69, 9.17) is 0 Å². The Kier molecular flexibility index (Phi) is 3.69. The van der Waals surface area contributed by atoms with E-state index < -0.39 is 5.97 Å². The van der Waals surface area contributed by atoms with Gasteiger partial charge in [0.1, 0.15) is 5.82 Å². The van der Waals surface area contributed by atoms with Crippen LogP contribution in [0.25, 0.3) is 0 Å². The highest BCUT2D eigenvalue weighted by Crippen LogP contribution is 2.15. The molecule has 1 aliphatic carbocycles. The Bertz CT molecular complexity index is 432. The summed E-state index contributed by atoms with van der Waals surface area (Å²) in [7, 11) is 1.33. The number of hydrogen-bond acceptors (Lipinski definition) is 5. The average Bonchev–Trinajstić information content (AvgIpc) is 2.39. The zero-order chi connectivity index (χ0) is 12.1. The summed E-state index contributed by atoms with van der Waals surface area (Å²) in [5.41, 5.74) is 0.226. The van der Waals surface area contributed by atoms with Crippen LogP contribution in [0.15, 0.2) is 24.5 Å². The van der Waals surface area contributed by atoms with E-state index in [1.54, 1.807) is 6.20 Å². The Balaban J connectivity index is 2.05. The van der Waals surface area contributed by atoms with Crippen LogP contribution in [0.2, 0.25) is 0 Å². The van der Waals surface area contributed by atoms with Crippen LogP contribution in [0.4, 0.5) is 5.82 Å². The third-order valence-corrected chi connectivity index (χ3v) is 2.65. The maximum absolute atomic E-state index is 11.3. The van der Waals surface area contributed by atoms with Gasteiger partial charge in [0, 0.05) is 6.04 Å². The largest absolute Gasteiger partial charge is 0.464 e. The van der Waals surface area contributed by atoms with Gasteiger partial charge in [0.25, 0.3) is 0 Å². The van der Waals surface area contributed by atoms with E-state index in [1.807, 2.05) is 0 Å². The van der Waals surface area contributed by atoms with E-state index in [-0.39, 0.29) is 5.69 Å². The van der Waals surface area contributed by atoms with Gasteiger partial charge in [-0.25, -0.2) is 9.78 Å². The predicted molar refractivity (Wildman–Crippen MR) is 63.8 cm³/mol. The number of rotatable bonds is 3. The lowest BCUT2D eigenvalue weighted by Crippen LogP contribution is -2.21. The molecule has 0 radical (unpaired) electrons. The number of carbonyl (C=O) groups excluding carboxylic acids is 1. The fraction of sp³-hybridized carbons (Fsp3) is 0.417. The number of ether oxygens (including phenoxy) is 1. The summed E-state index contributed by atoms with van der Waals surface area (Å²) >= 11 is 0. The molecule has 5 nitrogen and oxygen atoms in total. The van der Waals surface area contributed by atoms with Gasteiger partial charge in [0.05, 0.1) is 19.5 Å². The molecule has 1 aromatic heterocycles. The van der Waals surface area contributed by atoms with Crippen LogP contribution in [0.1, 0.15) is 29.8 Å². The molecular formula is C12H15N3O2. The molecule has 1 N–H and O–H groups in total. The molecule has 2 rings (SSSR count). The molecule has 1 aliphatic rings. The first kappa shape index (κ1) is 11.6. The lowest BCUT2D eigenvalue weighted by molar-refractivity contribution is 0.0593. The number of carbonyl (C=O) groups is 1. The number of aromatic nitrogens is 2. The van der Waals surface area contributed by atoms with Crippen molar-refractivity contribution in [2.24, 2.45) is 0 Å².